The first kappa shape index (κ1) is 13.5. The van der Waals surface area contributed by atoms with Gasteiger partial charge in [-0.25, -0.2) is 4.68 Å². The van der Waals surface area contributed by atoms with Crippen molar-refractivity contribution in [1.82, 2.24) is 9.78 Å². The molecule has 1 amide bonds. The highest BCUT2D eigenvalue weighted by atomic mass is 16.2. The predicted octanol–water partition coefficient (Wildman–Crippen LogP) is 1.93. The zero-order valence-corrected chi connectivity index (χ0v) is 11.9. The quantitative estimate of drug-likeness (QED) is 0.936. The van der Waals surface area contributed by atoms with Gasteiger partial charge in [-0.15, -0.1) is 0 Å². The van der Waals surface area contributed by atoms with Crippen molar-refractivity contribution in [2.24, 2.45) is 0 Å². The summed E-state index contributed by atoms with van der Waals surface area (Å²) < 4.78 is 1.28. The van der Waals surface area contributed by atoms with E-state index in [2.05, 4.69) is 10.4 Å². The largest absolute Gasteiger partial charge is 0.324 e. The number of nitrogens with zero attached hydrogens (tertiary/aromatic N) is 2. The Morgan fingerprint density at radius 3 is 2.81 bits per heavy atom. The van der Waals surface area contributed by atoms with Crippen LogP contribution in [0, 0.1) is 0 Å². The molecule has 1 unspecified atom stereocenters. The average Bonchev–Trinajstić information content (AvgIpc) is 2.93. The number of rotatable bonds is 3. The summed E-state index contributed by atoms with van der Waals surface area (Å²) in [6.45, 7) is 1.69. The van der Waals surface area contributed by atoms with E-state index >= 15 is 0 Å². The van der Waals surface area contributed by atoms with E-state index in [1.54, 1.807) is 13.0 Å². The second kappa shape index (κ2) is 5.52. The molecule has 0 fully saturated rings. The fourth-order valence-corrected chi connectivity index (χ4v) is 2.57. The molecule has 0 saturated heterocycles. The number of hydrogen-bond donors (Lipinski definition) is 1. The van der Waals surface area contributed by atoms with Gasteiger partial charge >= 0.3 is 0 Å². The second-order valence-corrected chi connectivity index (χ2v) is 5.28. The van der Waals surface area contributed by atoms with Gasteiger partial charge in [-0.2, -0.15) is 5.10 Å². The maximum absolute atomic E-state index is 12.3. The summed E-state index contributed by atoms with van der Waals surface area (Å²) >= 11 is 0. The molecule has 1 heterocycles. The van der Waals surface area contributed by atoms with Gasteiger partial charge in [-0.1, -0.05) is 18.2 Å². The number of aromatic nitrogens is 2. The van der Waals surface area contributed by atoms with Gasteiger partial charge in [-0.05, 0) is 43.9 Å². The summed E-state index contributed by atoms with van der Waals surface area (Å²) in [5, 5.41) is 7.16. The molecule has 1 aliphatic carbocycles. The van der Waals surface area contributed by atoms with Crippen LogP contribution in [0.25, 0.3) is 0 Å². The van der Waals surface area contributed by atoms with Crippen LogP contribution in [0.1, 0.15) is 30.6 Å². The van der Waals surface area contributed by atoms with Gasteiger partial charge in [-0.3, -0.25) is 9.59 Å². The van der Waals surface area contributed by atoms with Gasteiger partial charge in [0.25, 0.3) is 5.56 Å². The van der Waals surface area contributed by atoms with Crippen LogP contribution in [0.15, 0.2) is 41.2 Å². The Morgan fingerprint density at radius 1 is 1.29 bits per heavy atom. The lowest BCUT2D eigenvalue weighted by atomic mass is 10.2. The van der Waals surface area contributed by atoms with Crippen LogP contribution >= 0.6 is 0 Å². The molecular weight excluding hydrogens is 266 g/mol. The fourth-order valence-electron chi connectivity index (χ4n) is 2.57. The van der Waals surface area contributed by atoms with Crippen LogP contribution < -0.4 is 10.9 Å². The second-order valence-electron chi connectivity index (χ2n) is 5.28. The molecule has 1 atom stereocenters. The number of anilines is 1. The molecule has 0 saturated carbocycles. The third-order valence-electron chi connectivity index (χ3n) is 3.77. The van der Waals surface area contributed by atoms with E-state index in [4.69, 9.17) is 0 Å². The van der Waals surface area contributed by atoms with Crippen molar-refractivity contribution in [3.8, 4) is 0 Å². The summed E-state index contributed by atoms with van der Waals surface area (Å²) in [5.41, 5.74) is 2.45. The molecule has 3 rings (SSSR count). The molecule has 1 aromatic heterocycles. The highest BCUT2D eigenvalue weighted by molar-refractivity contribution is 5.93. The first-order chi connectivity index (χ1) is 10.1. The summed E-state index contributed by atoms with van der Waals surface area (Å²) in [6, 6.07) is 10.2. The third-order valence-corrected chi connectivity index (χ3v) is 3.77. The summed E-state index contributed by atoms with van der Waals surface area (Å²) in [6.07, 6.45) is 2.81. The number of carbonyl (C=O) groups is 1. The lowest BCUT2D eigenvalue weighted by molar-refractivity contribution is -0.119. The maximum atomic E-state index is 12.3. The SMILES string of the molecule is CC(C(=O)Nc1ccccc1)n1nc2c(cc1=O)CCC2. The van der Waals surface area contributed by atoms with Crippen molar-refractivity contribution < 1.29 is 4.79 Å². The van der Waals surface area contributed by atoms with Crippen LogP contribution in [0.5, 0.6) is 0 Å². The number of nitrogens with one attached hydrogen (secondary N) is 1. The number of aryl methyl sites for hydroxylation is 2. The third kappa shape index (κ3) is 2.72. The Labute approximate surface area is 122 Å². The number of para-hydroxylation sites is 1. The molecule has 5 nitrogen and oxygen atoms in total. The molecule has 0 radical (unpaired) electrons. The molecule has 108 valence electrons. The molecule has 1 aliphatic rings. The molecule has 0 bridgehead atoms. The number of carbonyl (C=O) groups excluding carboxylic acids is 1. The highest BCUT2D eigenvalue weighted by Gasteiger charge is 2.21. The summed E-state index contributed by atoms with van der Waals surface area (Å²) in [7, 11) is 0. The van der Waals surface area contributed by atoms with E-state index in [1.807, 2.05) is 30.3 Å². The van der Waals surface area contributed by atoms with Gasteiger partial charge in [0.15, 0.2) is 0 Å². The van der Waals surface area contributed by atoms with E-state index in [0.29, 0.717) is 5.69 Å². The molecule has 0 spiro atoms. The summed E-state index contributed by atoms with van der Waals surface area (Å²) in [5.74, 6) is -0.242. The van der Waals surface area contributed by atoms with Gasteiger partial charge in [0.1, 0.15) is 6.04 Å². The zero-order valence-electron chi connectivity index (χ0n) is 11.9. The smallest absolute Gasteiger partial charge is 0.267 e. The lowest BCUT2D eigenvalue weighted by Gasteiger charge is -2.15. The number of benzene rings is 1. The minimum absolute atomic E-state index is 0.216. The van der Waals surface area contributed by atoms with E-state index in [1.165, 1.54) is 4.68 Å². The number of amides is 1. The van der Waals surface area contributed by atoms with Crippen LogP contribution in [0.4, 0.5) is 5.69 Å². The Balaban J connectivity index is 1.83. The number of hydrogen-bond acceptors (Lipinski definition) is 3. The average molecular weight is 283 g/mol. The minimum atomic E-state index is -0.636. The maximum Gasteiger partial charge on any atom is 0.267 e. The standard InChI is InChI=1S/C16H17N3O2/c1-11(16(21)17-13-7-3-2-4-8-13)19-15(20)10-12-6-5-9-14(12)18-19/h2-4,7-8,10-11H,5-6,9H2,1H3,(H,17,21). The number of fused-ring (bicyclic) bond motifs is 1. The molecule has 5 heteroatoms. The normalized spacial score (nSPS) is 14.5. The molecule has 2 aromatic rings. The van der Waals surface area contributed by atoms with Crippen molar-refractivity contribution in [2.45, 2.75) is 32.2 Å². The molecule has 0 aliphatic heterocycles. The van der Waals surface area contributed by atoms with Crippen molar-refractivity contribution in [2.75, 3.05) is 5.32 Å². The van der Waals surface area contributed by atoms with Gasteiger partial charge in [0, 0.05) is 11.8 Å². The van der Waals surface area contributed by atoms with E-state index in [9.17, 15) is 9.59 Å². The van der Waals surface area contributed by atoms with Gasteiger partial charge in [0.2, 0.25) is 5.91 Å². The van der Waals surface area contributed by atoms with Crippen molar-refractivity contribution in [1.29, 1.82) is 0 Å². The highest BCUT2D eigenvalue weighted by Crippen LogP contribution is 2.18. The van der Waals surface area contributed by atoms with Crippen LogP contribution in [0.2, 0.25) is 0 Å². The van der Waals surface area contributed by atoms with E-state index in [-0.39, 0.29) is 11.5 Å². The topological polar surface area (TPSA) is 64.0 Å². The zero-order chi connectivity index (χ0) is 14.8. The fraction of sp³-hybridized carbons (Fsp3) is 0.312. The molecule has 1 N–H and O–H groups in total. The summed E-state index contributed by atoms with van der Waals surface area (Å²) in [4.78, 5) is 24.4. The van der Waals surface area contributed by atoms with E-state index in [0.717, 1.165) is 30.5 Å². The van der Waals surface area contributed by atoms with Crippen molar-refractivity contribution in [3.05, 3.63) is 58.0 Å². The minimum Gasteiger partial charge on any atom is -0.324 e. The lowest BCUT2D eigenvalue weighted by Crippen LogP contribution is -2.33. The first-order valence-corrected chi connectivity index (χ1v) is 7.12. The monoisotopic (exact) mass is 283 g/mol. The Hall–Kier alpha value is -2.43. The first-order valence-electron chi connectivity index (χ1n) is 7.12. The van der Waals surface area contributed by atoms with Crippen LogP contribution in [-0.4, -0.2) is 15.7 Å². The molecule has 21 heavy (non-hydrogen) atoms. The molecular formula is C16H17N3O2. The van der Waals surface area contributed by atoms with Crippen molar-refractivity contribution >= 4 is 11.6 Å². The van der Waals surface area contributed by atoms with Gasteiger partial charge in [0.05, 0.1) is 5.69 Å². The Kier molecular flexibility index (Phi) is 3.56. The molecule has 1 aromatic carbocycles. The van der Waals surface area contributed by atoms with E-state index < -0.39 is 6.04 Å². The van der Waals surface area contributed by atoms with Gasteiger partial charge < -0.3 is 5.32 Å². The van der Waals surface area contributed by atoms with Crippen LogP contribution in [0.3, 0.4) is 0 Å². The van der Waals surface area contributed by atoms with Crippen LogP contribution in [-0.2, 0) is 17.6 Å². The van der Waals surface area contributed by atoms with Crippen molar-refractivity contribution in [3.63, 3.8) is 0 Å². The Morgan fingerprint density at radius 2 is 2.05 bits per heavy atom. The Bertz CT molecular complexity index is 722. The predicted molar refractivity (Wildman–Crippen MR) is 80.3 cm³/mol.